The first-order valence-corrected chi connectivity index (χ1v) is 11.7. The van der Waals surface area contributed by atoms with Crippen LogP contribution in [0.1, 0.15) is 15.9 Å². The molecule has 4 aromatic rings. The zero-order chi connectivity index (χ0) is 24.8. The Morgan fingerprint density at radius 3 is 2.09 bits per heavy atom. The Morgan fingerprint density at radius 2 is 1.51 bits per heavy atom. The van der Waals surface area contributed by atoms with Crippen molar-refractivity contribution in [2.45, 2.75) is 6.54 Å². The molecule has 35 heavy (non-hydrogen) atoms. The molecule has 180 valence electrons. The summed E-state index contributed by atoms with van der Waals surface area (Å²) in [7, 11) is 6.20. The quantitative estimate of drug-likeness (QED) is 0.300. The van der Waals surface area contributed by atoms with E-state index in [9.17, 15) is 4.79 Å². The lowest BCUT2D eigenvalue weighted by atomic mass is 10.1. The molecule has 0 bridgehead atoms. The number of hydrogen-bond acceptors (Lipinski definition) is 7. The summed E-state index contributed by atoms with van der Waals surface area (Å²) in [4.78, 5) is 20.3. The highest BCUT2D eigenvalue weighted by Gasteiger charge is 2.25. The third-order valence-electron chi connectivity index (χ3n) is 5.45. The van der Waals surface area contributed by atoms with Gasteiger partial charge in [0, 0.05) is 16.5 Å². The molecule has 4 rings (SSSR count). The van der Waals surface area contributed by atoms with E-state index in [1.807, 2.05) is 60.0 Å². The minimum Gasteiger partial charge on any atom is -0.497 e. The average molecular weight is 491 g/mol. The number of benzene rings is 3. The van der Waals surface area contributed by atoms with Gasteiger partial charge in [-0.05, 0) is 42.0 Å². The lowest BCUT2D eigenvalue weighted by molar-refractivity contribution is 0.0984. The van der Waals surface area contributed by atoms with E-state index >= 15 is 0 Å². The van der Waals surface area contributed by atoms with E-state index < -0.39 is 0 Å². The molecular weight excluding hydrogens is 464 g/mol. The summed E-state index contributed by atoms with van der Waals surface area (Å²) >= 11 is 1.41. The van der Waals surface area contributed by atoms with Crippen molar-refractivity contribution in [3.05, 3.63) is 83.2 Å². The van der Waals surface area contributed by atoms with E-state index in [2.05, 4.69) is 0 Å². The first-order valence-electron chi connectivity index (χ1n) is 10.8. The van der Waals surface area contributed by atoms with Crippen LogP contribution in [0.2, 0.25) is 0 Å². The third kappa shape index (κ3) is 5.22. The van der Waals surface area contributed by atoms with Crippen LogP contribution in [0.25, 0.3) is 11.3 Å². The normalized spacial score (nSPS) is 10.5. The number of aromatic nitrogens is 1. The third-order valence-corrected chi connectivity index (χ3v) is 6.31. The summed E-state index contributed by atoms with van der Waals surface area (Å²) in [5, 5.41) is 2.52. The molecule has 0 aliphatic carbocycles. The van der Waals surface area contributed by atoms with Gasteiger partial charge < -0.3 is 18.9 Å². The van der Waals surface area contributed by atoms with Gasteiger partial charge in [0.15, 0.2) is 16.6 Å². The highest BCUT2D eigenvalue weighted by atomic mass is 32.1. The van der Waals surface area contributed by atoms with E-state index in [1.165, 1.54) is 32.7 Å². The minimum absolute atomic E-state index is 0.233. The fourth-order valence-corrected chi connectivity index (χ4v) is 4.47. The first kappa shape index (κ1) is 24.1. The van der Waals surface area contributed by atoms with Gasteiger partial charge in [-0.3, -0.25) is 9.69 Å². The minimum atomic E-state index is -0.233. The highest BCUT2D eigenvalue weighted by Crippen LogP contribution is 2.39. The van der Waals surface area contributed by atoms with Crippen LogP contribution in [0.4, 0.5) is 5.13 Å². The van der Waals surface area contributed by atoms with Crippen molar-refractivity contribution in [2.24, 2.45) is 0 Å². The van der Waals surface area contributed by atoms with Gasteiger partial charge in [-0.25, -0.2) is 4.98 Å². The predicted molar refractivity (Wildman–Crippen MR) is 137 cm³/mol. The molecule has 0 spiro atoms. The summed E-state index contributed by atoms with van der Waals surface area (Å²) in [6.07, 6.45) is 0. The molecule has 0 aliphatic heterocycles. The molecule has 8 heteroatoms. The highest BCUT2D eigenvalue weighted by molar-refractivity contribution is 7.14. The second-order valence-electron chi connectivity index (χ2n) is 7.53. The van der Waals surface area contributed by atoms with Gasteiger partial charge in [0.1, 0.15) is 5.75 Å². The molecule has 3 aromatic carbocycles. The van der Waals surface area contributed by atoms with Crippen LogP contribution in [0.3, 0.4) is 0 Å². The lowest BCUT2D eigenvalue weighted by Crippen LogP contribution is -2.30. The van der Waals surface area contributed by atoms with Gasteiger partial charge in [-0.1, -0.05) is 30.3 Å². The molecule has 0 N–H and O–H groups in total. The van der Waals surface area contributed by atoms with Gasteiger partial charge in [0.25, 0.3) is 5.91 Å². The van der Waals surface area contributed by atoms with Gasteiger partial charge in [-0.2, -0.15) is 0 Å². The maximum atomic E-state index is 13.8. The van der Waals surface area contributed by atoms with Crippen molar-refractivity contribution in [1.29, 1.82) is 0 Å². The van der Waals surface area contributed by atoms with Crippen molar-refractivity contribution in [3.63, 3.8) is 0 Å². The van der Waals surface area contributed by atoms with Crippen molar-refractivity contribution in [3.8, 4) is 34.3 Å². The van der Waals surface area contributed by atoms with Crippen LogP contribution in [0.5, 0.6) is 23.0 Å². The number of rotatable bonds is 9. The fraction of sp³-hybridized carbons (Fsp3) is 0.185. The van der Waals surface area contributed by atoms with Crippen LogP contribution >= 0.6 is 11.3 Å². The molecule has 0 saturated carbocycles. The topological polar surface area (TPSA) is 70.1 Å². The lowest BCUT2D eigenvalue weighted by Gasteiger charge is -2.21. The average Bonchev–Trinajstić information content (AvgIpc) is 3.41. The van der Waals surface area contributed by atoms with Gasteiger partial charge in [0.2, 0.25) is 5.75 Å². The molecule has 7 nitrogen and oxygen atoms in total. The molecule has 1 heterocycles. The molecule has 0 unspecified atom stereocenters. The molecule has 1 amide bonds. The molecule has 0 atom stereocenters. The molecule has 0 saturated heterocycles. The number of thiazole rings is 1. The van der Waals surface area contributed by atoms with E-state index in [0.717, 1.165) is 22.6 Å². The number of hydrogen-bond donors (Lipinski definition) is 0. The second-order valence-corrected chi connectivity index (χ2v) is 8.37. The fourth-order valence-electron chi connectivity index (χ4n) is 3.64. The number of carbonyl (C=O) groups excluding carboxylic acids is 1. The number of anilines is 1. The molecule has 0 aliphatic rings. The Bertz CT molecular complexity index is 1260. The van der Waals surface area contributed by atoms with Gasteiger partial charge >= 0.3 is 0 Å². The standard InChI is InChI=1S/C27H26N2O5S/c1-31-21-12-10-19(11-13-21)22-17-35-27(28-22)29(16-18-8-6-5-7-9-18)26(30)20-14-23(32-2)25(34-4)24(15-20)33-3/h5-15,17H,16H2,1-4H3. The number of nitrogens with zero attached hydrogens (tertiary/aromatic N) is 2. The first-order chi connectivity index (χ1) is 17.1. The largest absolute Gasteiger partial charge is 0.497 e. The molecular formula is C27H26N2O5S. The summed E-state index contributed by atoms with van der Waals surface area (Å²) < 4.78 is 21.6. The number of carbonyl (C=O) groups is 1. The Balaban J connectivity index is 1.74. The van der Waals surface area contributed by atoms with Crippen LogP contribution in [-0.2, 0) is 6.54 Å². The van der Waals surface area contributed by atoms with E-state index in [0.29, 0.717) is 34.5 Å². The number of amides is 1. The van der Waals surface area contributed by atoms with Crippen molar-refractivity contribution in [2.75, 3.05) is 33.3 Å². The zero-order valence-electron chi connectivity index (χ0n) is 20.0. The van der Waals surface area contributed by atoms with Crippen LogP contribution < -0.4 is 23.8 Å². The van der Waals surface area contributed by atoms with Gasteiger partial charge in [-0.15, -0.1) is 11.3 Å². The van der Waals surface area contributed by atoms with Crippen LogP contribution in [0, 0.1) is 0 Å². The summed E-state index contributed by atoms with van der Waals surface area (Å²) in [6.45, 7) is 0.353. The zero-order valence-corrected chi connectivity index (χ0v) is 20.8. The van der Waals surface area contributed by atoms with E-state index in [4.69, 9.17) is 23.9 Å². The van der Waals surface area contributed by atoms with Gasteiger partial charge in [0.05, 0.1) is 40.7 Å². The summed E-state index contributed by atoms with van der Waals surface area (Å²) in [5.41, 5.74) is 3.10. The SMILES string of the molecule is COc1ccc(-c2csc(N(Cc3ccccc3)C(=O)c3cc(OC)c(OC)c(OC)c3)n2)cc1. The van der Waals surface area contributed by atoms with Crippen LogP contribution in [0.15, 0.2) is 72.1 Å². The Labute approximate surface area is 208 Å². The summed E-state index contributed by atoms with van der Waals surface area (Å²) in [6, 6.07) is 20.8. The second kappa shape index (κ2) is 10.9. The Morgan fingerprint density at radius 1 is 0.857 bits per heavy atom. The monoisotopic (exact) mass is 490 g/mol. The Hall–Kier alpha value is -4.04. The van der Waals surface area contributed by atoms with Crippen molar-refractivity contribution in [1.82, 2.24) is 4.98 Å². The summed E-state index contributed by atoms with van der Waals surface area (Å²) in [5.74, 6) is 1.79. The number of ether oxygens (including phenoxy) is 4. The van der Waals surface area contributed by atoms with E-state index in [-0.39, 0.29) is 5.91 Å². The predicted octanol–water partition coefficient (Wildman–Crippen LogP) is 5.69. The molecule has 1 aromatic heterocycles. The van der Waals surface area contributed by atoms with Crippen molar-refractivity contribution >= 4 is 22.4 Å². The van der Waals surface area contributed by atoms with E-state index in [1.54, 1.807) is 24.1 Å². The Kier molecular flexibility index (Phi) is 7.52. The maximum Gasteiger partial charge on any atom is 0.260 e. The molecule has 0 radical (unpaired) electrons. The van der Waals surface area contributed by atoms with Crippen LogP contribution in [-0.4, -0.2) is 39.3 Å². The van der Waals surface area contributed by atoms with Crippen molar-refractivity contribution < 1.29 is 23.7 Å². The number of methoxy groups -OCH3 is 4. The maximum absolute atomic E-state index is 13.8. The molecule has 0 fully saturated rings. The smallest absolute Gasteiger partial charge is 0.260 e.